The van der Waals surface area contributed by atoms with Gasteiger partial charge in [-0.1, -0.05) is 6.92 Å². The summed E-state index contributed by atoms with van der Waals surface area (Å²) >= 11 is 0. The van der Waals surface area contributed by atoms with Crippen LogP contribution in [0.2, 0.25) is 0 Å². The molecule has 0 saturated heterocycles. The molecule has 0 bridgehead atoms. The number of H-pyrrole nitrogens is 1. The molecule has 1 heterocycles. The molecule has 0 aliphatic rings. The summed E-state index contributed by atoms with van der Waals surface area (Å²) < 4.78 is 0. The van der Waals surface area contributed by atoms with Gasteiger partial charge in [0.2, 0.25) is 0 Å². The molecule has 0 aliphatic heterocycles. The first-order valence-corrected chi connectivity index (χ1v) is 3.77. The summed E-state index contributed by atoms with van der Waals surface area (Å²) in [5, 5.41) is 6.54. The fourth-order valence-electron chi connectivity index (χ4n) is 0.823. The lowest BCUT2D eigenvalue weighted by Gasteiger charge is -2.20. The first-order chi connectivity index (χ1) is 5.14. The van der Waals surface area contributed by atoms with Gasteiger partial charge < -0.3 is 5.73 Å². The molecule has 1 aromatic rings. The number of hydrogen-bond acceptors (Lipinski definition) is 3. The average Bonchev–Trinajstić information content (AvgIpc) is 2.39. The van der Waals surface area contributed by atoms with E-state index in [2.05, 4.69) is 22.1 Å². The molecule has 0 saturated carbocycles. The topological polar surface area (TPSA) is 67.6 Å². The maximum atomic E-state index is 5.92. The van der Waals surface area contributed by atoms with Crippen LogP contribution >= 0.6 is 0 Å². The van der Waals surface area contributed by atoms with Gasteiger partial charge >= 0.3 is 0 Å². The van der Waals surface area contributed by atoms with Crippen LogP contribution in [0.15, 0.2) is 6.33 Å². The Morgan fingerprint density at radius 3 is 2.91 bits per heavy atom. The standard InChI is InChI=1S/C7H14N4/c1-3-7(2,8)4-6-9-5-10-11-6/h5H,3-4,8H2,1-2H3,(H,9,10,11). The molecule has 1 atom stereocenters. The summed E-state index contributed by atoms with van der Waals surface area (Å²) in [6, 6.07) is 0. The van der Waals surface area contributed by atoms with Crippen LogP contribution in [0.5, 0.6) is 0 Å². The summed E-state index contributed by atoms with van der Waals surface area (Å²) in [6.07, 6.45) is 3.19. The lowest BCUT2D eigenvalue weighted by Crippen LogP contribution is -2.37. The fraction of sp³-hybridized carbons (Fsp3) is 0.714. The average molecular weight is 154 g/mol. The second-order valence-electron chi connectivity index (χ2n) is 3.12. The van der Waals surface area contributed by atoms with Crippen molar-refractivity contribution in [2.45, 2.75) is 32.2 Å². The lowest BCUT2D eigenvalue weighted by atomic mass is 9.96. The highest BCUT2D eigenvalue weighted by atomic mass is 15.2. The first-order valence-electron chi connectivity index (χ1n) is 3.77. The molecular formula is C7H14N4. The van der Waals surface area contributed by atoms with E-state index in [9.17, 15) is 0 Å². The number of aromatic amines is 1. The Kier molecular flexibility index (Phi) is 2.24. The molecule has 3 N–H and O–H groups in total. The summed E-state index contributed by atoms with van der Waals surface area (Å²) in [7, 11) is 0. The third-order valence-corrected chi connectivity index (χ3v) is 1.84. The second-order valence-corrected chi connectivity index (χ2v) is 3.12. The van der Waals surface area contributed by atoms with Crippen molar-refractivity contribution >= 4 is 0 Å². The normalized spacial score (nSPS) is 16.3. The zero-order valence-corrected chi connectivity index (χ0v) is 6.96. The number of rotatable bonds is 3. The van der Waals surface area contributed by atoms with Crippen LogP contribution in [0, 0.1) is 0 Å². The van der Waals surface area contributed by atoms with Gasteiger partial charge in [-0.3, -0.25) is 5.10 Å². The van der Waals surface area contributed by atoms with E-state index in [1.807, 2.05) is 6.92 Å². The predicted octanol–water partition coefficient (Wildman–Crippen LogP) is 0.475. The third-order valence-electron chi connectivity index (χ3n) is 1.84. The number of aromatic nitrogens is 3. The van der Waals surface area contributed by atoms with Crippen LogP contribution in [-0.4, -0.2) is 20.7 Å². The van der Waals surface area contributed by atoms with Crippen LogP contribution in [-0.2, 0) is 6.42 Å². The van der Waals surface area contributed by atoms with E-state index in [0.29, 0.717) is 0 Å². The van der Waals surface area contributed by atoms with Crippen LogP contribution in [0.1, 0.15) is 26.1 Å². The predicted molar refractivity (Wildman–Crippen MR) is 43.0 cm³/mol. The molecule has 1 aromatic heterocycles. The number of hydrogen-bond donors (Lipinski definition) is 2. The molecule has 4 heteroatoms. The van der Waals surface area contributed by atoms with Crippen LogP contribution in [0.25, 0.3) is 0 Å². The van der Waals surface area contributed by atoms with Crippen molar-refractivity contribution in [2.75, 3.05) is 0 Å². The molecule has 4 nitrogen and oxygen atoms in total. The summed E-state index contributed by atoms with van der Waals surface area (Å²) in [5.74, 6) is 0.858. The summed E-state index contributed by atoms with van der Waals surface area (Å²) in [6.45, 7) is 4.08. The molecule has 0 aliphatic carbocycles. The largest absolute Gasteiger partial charge is 0.325 e. The number of nitrogens with one attached hydrogen (secondary N) is 1. The smallest absolute Gasteiger partial charge is 0.137 e. The van der Waals surface area contributed by atoms with Gasteiger partial charge in [0.15, 0.2) is 0 Å². The molecule has 1 unspecified atom stereocenters. The lowest BCUT2D eigenvalue weighted by molar-refractivity contribution is 0.440. The van der Waals surface area contributed by atoms with Gasteiger partial charge in [0.25, 0.3) is 0 Å². The van der Waals surface area contributed by atoms with Crippen molar-refractivity contribution < 1.29 is 0 Å². The molecule has 0 aromatic carbocycles. The molecule has 0 fully saturated rings. The van der Waals surface area contributed by atoms with E-state index >= 15 is 0 Å². The highest BCUT2D eigenvalue weighted by Gasteiger charge is 2.17. The monoisotopic (exact) mass is 154 g/mol. The van der Waals surface area contributed by atoms with E-state index < -0.39 is 0 Å². The van der Waals surface area contributed by atoms with Crippen molar-refractivity contribution in [3.8, 4) is 0 Å². The quantitative estimate of drug-likeness (QED) is 0.665. The molecule has 11 heavy (non-hydrogen) atoms. The van der Waals surface area contributed by atoms with Gasteiger partial charge in [0.05, 0.1) is 0 Å². The molecule has 1 rings (SSSR count). The van der Waals surface area contributed by atoms with E-state index in [0.717, 1.165) is 18.7 Å². The Morgan fingerprint density at radius 2 is 2.45 bits per heavy atom. The summed E-state index contributed by atoms with van der Waals surface area (Å²) in [4.78, 5) is 4.00. The van der Waals surface area contributed by atoms with Gasteiger partial charge in [-0.2, -0.15) is 5.10 Å². The van der Waals surface area contributed by atoms with Gasteiger partial charge in [0, 0.05) is 12.0 Å². The van der Waals surface area contributed by atoms with Gasteiger partial charge in [-0.15, -0.1) is 0 Å². The first kappa shape index (κ1) is 8.20. The van der Waals surface area contributed by atoms with E-state index in [4.69, 9.17) is 5.73 Å². The Hall–Kier alpha value is -0.900. The number of nitrogens with zero attached hydrogens (tertiary/aromatic N) is 2. The minimum atomic E-state index is -0.167. The zero-order valence-electron chi connectivity index (χ0n) is 6.96. The van der Waals surface area contributed by atoms with Crippen molar-refractivity contribution in [3.05, 3.63) is 12.2 Å². The fourth-order valence-corrected chi connectivity index (χ4v) is 0.823. The Labute approximate surface area is 66.2 Å². The highest BCUT2D eigenvalue weighted by molar-refractivity contribution is 4.91. The van der Waals surface area contributed by atoms with Crippen LogP contribution in [0.3, 0.4) is 0 Å². The zero-order chi connectivity index (χ0) is 8.32. The molecular weight excluding hydrogens is 140 g/mol. The summed E-state index contributed by atoms with van der Waals surface area (Å²) in [5.41, 5.74) is 5.75. The van der Waals surface area contributed by atoms with Crippen molar-refractivity contribution in [1.29, 1.82) is 0 Å². The van der Waals surface area contributed by atoms with Gasteiger partial charge in [-0.25, -0.2) is 4.98 Å². The van der Waals surface area contributed by atoms with Crippen molar-refractivity contribution in [3.63, 3.8) is 0 Å². The maximum Gasteiger partial charge on any atom is 0.137 e. The third kappa shape index (κ3) is 2.31. The van der Waals surface area contributed by atoms with E-state index in [-0.39, 0.29) is 5.54 Å². The van der Waals surface area contributed by atoms with Crippen LogP contribution in [0.4, 0.5) is 0 Å². The van der Waals surface area contributed by atoms with E-state index in [1.165, 1.54) is 6.33 Å². The minimum absolute atomic E-state index is 0.167. The Bertz CT molecular complexity index is 202. The molecule has 62 valence electrons. The van der Waals surface area contributed by atoms with Gasteiger partial charge in [-0.05, 0) is 13.3 Å². The second kappa shape index (κ2) is 3.00. The van der Waals surface area contributed by atoms with Crippen molar-refractivity contribution in [1.82, 2.24) is 15.2 Å². The number of nitrogens with two attached hydrogens (primary N) is 1. The minimum Gasteiger partial charge on any atom is -0.325 e. The Morgan fingerprint density at radius 1 is 1.73 bits per heavy atom. The SMILES string of the molecule is CCC(C)(N)Cc1ncn[nH]1. The molecule has 0 spiro atoms. The van der Waals surface area contributed by atoms with Gasteiger partial charge in [0.1, 0.15) is 12.2 Å². The van der Waals surface area contributed by atoms with Crippen LogP contribution < -0.4 is 5.73 Å². The Balaban J connectivity index is 2.56. The molecule has 0 radical (unpaired) electrons. The van der Waals surface area contributed by atoms with Crippen molar-refractivity contribution in [2.24, 2.45) is 5.73 Å². The highest BCUT2D eigenvalue weighted by Crippen LogP contribution is 2.09. The molecule has 0 amide bonds. The van der Waals surface area contributed by atoms with E-state index in [1.54, 1.807) is 0 Å². The maximum absolute atomic E-state index is 5.92.